The summed E-state index contributed by atoms with van der Waals surface area (Å²) in [5.41, 5.74) is 0.890. The molecule has 2 aromatic rings. The summed E-state index contributed by atoms with van der Waals surface area (Å²) >= 11 is 1.13. The molecule has 16 heavy (non-hydrogen) atoms. The first-order chi connectivity index (χ1) is 7.63. The van der Waals surface area contributed by atoms with Gasteiger partial charge in [0.1, 0.15) is 4.88 Å². The summed E-state index contributed by atoms with van der Waals surface area (Å²) in [5, 5.41) is 18.3. The van der Waals surface area contributed by atoms with Crippen molar-refractivity contribution in [2.75, 3.05) is 7.11 Å². The SMILES string of the molecule is COC(=O)c1cc2nccc(B(O)O)c2s1. The lowest BCUT2D eigenvalue weighted by atomic mass is 9.81. The van der Waals surface area contributed by atoms with E-state index in [9.17, 15) is 4.79 Å². The summed E-state index contributed by atoms with van der Waals surface area (Å²) in [4.78, 5) is 15.7. The average molecular weight is 237 g/mol. The molecular weight excluding hydrogens is 229 g/mol. The summed E-state index contributed by atoms with van der Waals surface area (Å²) in [7, 11) is -0.281. The molecule has 5 nitrogen and oxygen atoms in total. The van der Waals surface area contributed by atoms with Gasteiger partial charge in [-0.15, -0.1) is 11.3 Å². The molecule has 0 saturated carbocycles. The van der Waals surface area contributed by atoms with Crippen LogP contribution >= 0.6 is 11.3 Å². The van der Waals surface area contributed by atoms with E-state index >= 15 is 0 Å². The van der Waals surface area contributed by atoms with Crippen LogP contribution in [0.1, 0.15) is 9.67 Å². The zero-order valence-corrected chi connectivity index (χ0v) is 9.19. The van der Waals surface area contributed by atoms with Gasteiger partial charge in [0, 0.05) is 11.7 Å². The molecule has 0 unspecified atom stereocenters. The summed E-state index contributed by atoms with van der Waals surface area (Å²) in [6.07, 6.45) is 1.46. The van der Waals surface area contributed by atoms with Gasteiger partial charge in [-0.3, -0.25) is 4.98 Å². The van der Waals surface area contributed by atoms with Crippen molar-refractivity contribution in [3.63, 3.8) is 0 Å². The van der Waals surface area contributed by atoms with E-state index in [1.807, 2.05) is 0 Å². The minimum absolute atomic E-state index is 0.338. The van der Waals surface area contributed by atoms with Gasteiger partial charge in [-0.1, -0.05) is 0 Å². The van der Waals surface area contributed by atoms with Crippen LogP contribution in [0.4, 0.5) is 0 Å². The molecule has 0 saturated heterocycles. The Labute approximate surface area is 95.5 Å². The van der Waals surface area contributed by atoms with E-state index < -0.39 is 13.1 Å². The van der Waals surface area contributed by atoms with Crippen molar-refractivity contribution in [3.05, 3.63) is 23.2 Å². The molecule has 0 aliphatic heterocycles. The number of esters is 1. The van der Waals surface area contributed by atoms with E-state index in [-0.39, 0.29) is 0 Å². The van der Waals surface area contributed by atoms with Crippen molar-refractivity contribution in [3.8, 4) is 0 Å². The van der Waals surface area contributed by atoms with Gasteiger partial charge in [0.15, 0.2) is 0 Å². The molecule has 0 radical (unpaired) electrons. The smallest absolute Gasteiger partial charge is 0.465 e. The van der Waals surface area contributed by atoms with Crippen LogP contribution in [0.15, 0.2) is 18.3 Å². The molecule has 0 bridgehead atoms. The number of pyridine rings is 1. The Kier molecular flexibility index (Phi) is 2.91. The minimum atomic E-state index is -1.57. The maximum absolute atomic E-state index is 11.3. The highest BCUT2D eigenvalue weighted by Gasteiger charge is 2.19. The molecular formula is C9H8BNO4S. The number of carbonyl (C=O) groups is 1. The van der Waals surface area contributed by atoms with Crippen LogP contribution < -0.4 is 5.46 Å². The highest BCUT2D eigenvalue weighted by Crippen LogP contribution is 2.23. The largest absolute Gasteiger partial charge is 0.490 e. The average Bonchev–Trinajstić information content (AvgIpc) is 2.70. The minimum Gasteiger partial charge on any atom is -0.465 e. The van der Waals surface area contributed by atoms with E-state index in [0.29, 0.717) is 20.6 Å². The van der Waals surface area contributed by atoms with Gasteiger partial charge in [0.05, 0.1) is 17.3 Å². The van der Waals surface area contributed by atoms with Gasteiger partial charge >= 0.3 is 13.1 Å². The molecule has 7 heteroatoms. The van der Waals surface area contributed by atoms with Crippen molar-refractivity contribution >= 4 is 40.1 Å². The molecule has 0 aromatic carbocycles. The lowest BCUT2D eigenvalue weighted by Crippen LogP contribution is -2.29. The summed E-state index contributed by atoms with van der Waals surface area (Å²) in [5.74, 6) is -0.457. The van der Waals surface area contributed by atoms with E-state index in [2.05, 4.69) is 9.72 Å². The lowest BCUT2D eigenvalue weighted by Gasteiger charge is -1.98. The quantitative estimate of drug-likeness (QED) is 0.556. The number of methoxy groups -OCH3 is 1. The number of nitrogens with zero attached hydrogens (tertiary/aromatic N) is 1. The third-order valence-electron chi connectivity index (χ3n) is 2.11. The van der Waals surface area contributed by atoms with Crippen LogP contribution in [0.5, 0.6) is 0 Å². The Balaban J connectivity index is 2.61. The fourth-order valence-corrected chi connectivity index (χ4v) is 2.43. The normalized spacial score (nSPS) is 10.4. The molecule has 0 aliphatic rings. The third-order valence-corrected chi connectivity index (χ3v) is 3.26. The number of thiophene rings is 1. The zero-order valence-electron chi connectivity index (χ0n) is 8.38. The fraction of sp³-hybridized carbons (Fsp3) is 0.111. The predicted molar refractivity (Wildman–Crippen MR) is 60.8 cm³/mol. The highest BCUT2D eigenvalue weighted by atomic mass is 32.1. The number of aromatic nitrogens is 1. The molecule has 82 valence electrons. The fourth-order valence-electron chi connectivity index (χ4n) is 1.36. The van der Waals surface area contributed by atoms with Crippen LogP contribution in [0, 0.1) is 0 Å². The summed E-state index contributed by atoms with van der Waals surface area (Å²) in [6, 6.07) is 3.07. The van der Waals surface area contributed by atoms with Crippen LogP contribution in [-0.4, -0.2) is 35.2 Å². The van der Waals surface area contributed by atoms with E-state index in [1.54, 1.807) is 6.07 Å². The van der Waals surface area contributed by atoms with Gasteiger partial charge in [0.25, 0.3) is 0 Å². The Morgan fingerprint density at radius 2 is 2.31 bits per heavy atom. The van der Waals surface area contributed by atoms with Gasteiger partial charge in [-0.25, -0.2) is 4.79 Å². The maximum atomic E-state index is 11.3. The highest BCUT2D eigenvalue weighted by molar-refractivity contribution is 7.22. The number of hydrogen-bond donors (Lipinski definition) is 2. The van der Waals surface area contributed by atoms with Crippen molar-refractivity contribution in [1.29, 1.82) is 0 Å². The van der Waals surface area contributed by atoms with Gasteiger partial charge in [0.2, 0.25) is 0 Å². The van der Waals surface area contributed by atoms with Crippen molar-refractivity contribution < 1.29 is 19.6 Å². The Bertz CT molecular complexity index is 539. The topological polar surface area (TPSA) is 79.7 Å². The third kappa shape index (κ3) is 1.80. The van der Waals surface area contributed by atoms with E-state index in [1.165, 1.54) is 19.4 Å². The molecule has 2 N–H and O–H groups in total. The number of carbonyl (C=O) groups excluding carboxylic acids is 1. The maximum Gasteiger partial charge on any atom is 0.490 e. The van der Waals surface area contributed by atoms with Gasteiger partial charge in [-0.2, -0.15) is 0 Å². The zero-order chi connectivity index (χ0) is 11.7. The first-order valence-electron chi connectivity index (χ1n) is 4.46. The number of ether oxygens (including phenoxy) is 1. The number of hydrogen-bond acceptors (Lipinski definition) is 6. The van der Waals surface area contributed by atoms with Crippen molar-refractivity contribution in [1.82, 2.24) is 4.98 Å². The molecule has 0 atom stereocenters. The molecule has 2 rings (SSSR count). The van der Waals surface area contributed by atoms with Crippen LogP contribution in [0.2, 0.25) is 0 Å². The van der Waals surface area contributed by atoms with Crippen LogP contribution in [0.25, 0.3) is 10.2 Å². The Hall–Kier alpha value is -1.44. The summed E-state index contributed by atoms with van der Waals surface area (Å²) in [6.45, 7) is 0. The van der Waals surface area contributed by atoms with Crippen molar-refractivity contribution in [2.45, 2.75) is 0 Å². The molecule has 0 amide bonds. The molecule has 2 heterocycles. The monoisotopic (exact) mass is 237 g/mol. The van der Waals surface area contributed by atoms with E-state index in [0.717, 1.165) is 11.3 Å². The Morgan fingerprint density at radius 1 is 1.56 bits per heavy atom. The number of fused-ring (bicyclic) bond motifs is 1. The first-order valence-corrected chi connectivity index (χ1v) is 5.28. The lowest BCUT2D eigenvalue weighted by molar-refractivity contribution is 0.0606. The van der Waals surface area contributed by atoms with Crippen molar-refractivity contribution in [2.24, 2.45) is 0 Å². The van der Waals surface area contributed by atoms with Gasteiger partial charge in [-0.05, 0) is 12.1 Å². The van der Waals surface area contributed by atoms with E-state index in [4.69, 9.17) is 10.0 Å². The standard InChI is InChI=1S/C9H8BNO4S/c1-15-9(12)7-4-6-8(16-7)5(10(13)14)2-3-11-6/h2-4,13-14H,1H3. The molecule has 0 aliphatic carbocycles. The molecule has 0 spiro atoms. The second-order valence-electron chi connectivity index (χ2n) is 3.09. The molecule has 0 fully saturated rings. The predicted octanol–water partition coefficient (Wildman–Crippen LogP) is -0.237. The number of rotatable bonds is 2. The first kappa shape index (κ1) is 11.1. The second-order valence-corrected chi connectivity index (χ2v) is 4.14. The van der Waals surface area contributed by atoms with Crippen LogP contribution in [-0.2, 0) is 4.74 Å². The van der Waals surface area contributed by atoms with Gasteiger partial charge < -0.3 is 14.8 Å². The second kappa shape index (κ2) is 4.21. The van der Waals surface area contributed by atoms with Crippen LogP contribution in [0.3, 0.4) is 0 Å². The molecule has 2 aromatic heterocycles. The Morgan fingerprint density at radius 3 is 2.94 bits per heavy atom. The summed E-state index contributed by atoms with van der Waals surface area (Å²) < 4.78 is 5.17.